The van der Waals surface area contributed by atoms with Crippen molar-refractivity contribution in [2.45, 2.75) is 45.2 Å². The van der Waals surface area contributed by atoms with E-state index in [9.17, 15) is 8.42 Å². The second-order valence-electron chi connectivity index (χ2n) is 6.53. The summed E-state index contributed by atoms with van der Waals surface area (Å²) in [6.07, 6.45) is 3.07. The molecule has 2 saturated heterocycles. The van der Waals surface area contributed by atoms with Crippen molar-refractivity contribution in [1.82, 2.24) is 18.8 Å². The van der Waals surface area contributed by atoms with Gasteiger partial charge in [-0.3, -0.25) is 0 Å². The lowest BCUT2D eigenvalue weighted by atomic mass is 10.0. The second kappa shape index (κ2) is 7.37. The lowest BCUT2D eigenvalue weighted by molar-refractivity contribution is 0.188. The fourth-order valence-corrected chi connectivity index (χ4v) is 4.86. The molecule has 0 amide bonds. The Morgan fingerprint density at radius 3 is 2.38 bits per heavy atom. The molecule has 0 aromatic rings. The maximum atomic E-state index is 12.9. The normalized spacial score (nSPS) is 27.3. The van der Waals surface area contributed by atoms with E-state index in [-0.39, 0.29) is 6.04 Å². The fourth-order valence-electron chi connectivity index (χ4n) is 3.02. The van der Waals surface area contributed by atoms with E-state index in [1.54, 1.807) is 8.61 Å². The number of rotatable bonds is 5. The molecule has 0 aromatic heterocycles. The van der Waals surface area contributed by atoms with E-state index in [0.717, 1.165) is 38.9 Å². The molecule has 2 aliphatic rings. The number of hydrogen-bond acceptors (Lipinski definition) is 4. The third-order valence-electron chi connectivity index (χ3n) is 4.42. The van der Waals surface area contributed by atoms with Gasteiger partial charge in [0.05, 0.1) is 0 Å². The molecular formula is C14H30N4O2S. The van der Waals surface area contributed by atoms with Gasteiger partial charge in [0.15, 0.2) is 0 Å². The van der Waals surface area contributed by atoms with Gasteiger partial charge in [0.2, 0.25) is 0 Å². The SMILES string of the molecule is CC(C)NCC1CCCCN1S(=O)(=O)N1CCN(C)CC1. The molecule has 6 nitrogen and oxygen atoms in total. The summed E-state index contributed by atoms with van der Waals surface area (Å²) in [6, 6.07) is 0.492. The minimum atomic E-state index is -3.31. The molecule has 0 bridgehead atoms. The van der Waals surface area contributed by atoms with Crippen LogP contribution in [0.15, 0.2) is 0 Å². The smallest absolute Gasteiger partial charge is 0.282 e. The van der Waals surface area contributed by atoms with Gasteiger partial charge < -0.3 is 10.2 Å². The molecule has 0 spiro atoms. The van der Waals surface area contributed by atoms with Crippen molar-refractivity contribution in [3.8, 4) is 0 Å². The Morgan fingerprint density at radius 2 is 1.76 bits per heavy atom. The van der Waals surface area contributed by atoms with Gasteiger partial charge in [-0.2, -0.15) is 17.0 Å². The molecule has 2 fully saturated rings. The van der Waals surface area contributed by atoms with E-state index in [4.69, 9.17) is 0 Å². The first-order valence-corrected chi connectivity index (χ1v) is 9.50. The minimum absolute atomic E-state index is 0.103. The van der Waals surface area contributed by atoms with E-state index in [2.05, 4.69) is 24.1 Å². The summed E-state index contributed by atoms with van der Waals surface area (Å²) >= 11 is 0. The first-order valence-electron chi connectivity index (χ1n) is 8.10. The van der Waals surface area contributed by atoms with Crippen molar-refractivity contribution in [3.05, 3.63) is 0 Å². The zero-order valence-corrected chi connectivity index (χ0v) is 14.4. The van der Waals surface area contributed by atoms with Gasteiger partial charge in [0.1, 0.15) is 0 Å². The summed E-state index contributed by atoms with van der Waals surface area (Å²) in [4.78, 5) is 2.18. The number of piperazine rings is 1. The van der Waals surface area contributed by atoms with Crippen LogP contribution in [0.2, 0.25) is 0 Å². The van der Waals surface area contributed by atoms with Crippen molar-refractivity contribution in [2.24, 2.45) is 0 Å². The number of hydrogen-bond donors (Lipinski definition) is 1. The Morgan fingerprint density at radius 1 is 1.10 bits per heavy atom. The molecule has 1 unspecified atom stereocenters. The van der Waals surface area contributed by atoms with Crippen molar-refractivity contribution < 1.29 is 8.42 Å². The highest BCUT2D eigenvalue weighted by Gasteiger charge is 2.37. The topological polar surface area (TPSA) is 55.9 Å². The van der Waals surface area contributed by atoms with Gasteiger partial charge in [-0.1, -0.05) is 20.3 Å². The van der Waals surface area contributed by atoms with Gasteiger partial charge in [-0.15, -0.1) is 0 Å². The van der Waals surface area contributed by atoms with Crippen molar-refractivity contribution in [3.63, 3.8) is 0 Å². The van der Waals surface area contributed by atoms with E-state index in [0.29, 0.717) is 25.7 Å². The maximum absolute atomic E-state index is 12.9. The fraction of sp³-hybridized carbons (Fsp3) is 1.00. The molecule has 1 N–H and O–H groups in total. The van der Waals surface area contributed by atoms with Gasteiger partial charge in [0.25, 0.3) is 10.2 Å². The Kier molecular flexibility index (Phi) is 6.02. The van der Waals surface area contributed by atoms with Crippen LogP contribution in [-0.2, 0) is 10.2 Å². The Bertz CT molecular complexity index is 419. The van der Waals surface area contributed by atoms with Crippen molar-refractivity contribution in [2.75, 3.05) is 46.3 Å². The van der Waals surface area contributed by atoms with Gasteiger partial charge in [-0.25, -0.2) is 0 Å². The van der Waals surface area contributed by atoms with E-state index in [1.165, 1.54) is 0 Å². The molecule has 0 saturated carbocycles. The van der Waals surface area contributed by atoms with Crippen LogP contribution in [0.1, 0.15) is 33.1 Å². The van der Waals surface area contributed by atoms with Crippen LogP contribution in [0, 0.1) is 0 Å². The number of piperidine rings is 1. The number of nitrogens with one attached hydrogen (secondary N) is 1. The van der Waals surface area contributed by atoms with E-state index in [1.807, 2.05) is 7.05 Å². The first kappa shape index (κ1) is 17.1. The summed E-state index contributed by atoms with van der Waals surface area (Å²) in [6.45, 7) is 8.48. The van der Waals surface area contributed by atoms with Gasteiger partial charge in [-0.05, 0) is 19.9 Å². The highest BCUT2D eigenvalue weighted by atomic mass is 32.2. The predicted molar refractivity (Wildman–Crippen MR) is 85.5 cm³/mol. The number of likely N-dealkylation sites (N-methyl/N-ethyl adjacent to an activating group) is 1. The summed E-state index contributed by atoms with van der Waals surface area (Å²) in [5.74, 6) is 0. The lowest BCUT2D eigenvalue weighted by Gasteiger charge is -2.40. The highest BCUT2D eigenvalue weighted by molar-refractivity contribution is 7.86. The van der Waals surface area contributed by atoms with Crippen LogP contribution in [0.5, 0.6) is 0 Å². The molecular weight excluding hydrogens is 288 g/mol. The van der Waals surface area contributed by atoms with E-state index >= 15 is 0 Å². The molecule has 124 valence electrons. The van der Waals surface area contributed by atoms with Crippen LogP contribution < -0.4 is 5.32 Å². The maximum Gasteiger partial charge on any atom is 0.282 e. The van der Waals surface area contributed by atoms with E-state index < -0.39 is 10.2 Å². The standard InChI is InChI=1S/C14H30N4O2S/c1-13(2)15-12-14-6-4-5-7-18(14)21(19,20)17-10-8-16(3)9-11-17/h13-15H,4-12H2,1-3H3. The zero-order chi connectivity index (χ0) is 15.5. The Hall–Kier alpha value is -0.210. The first-order chi connectivity index (χ1) is 9.91. The second-order valence-corrected chi connectivity index (χ2v) is 8.41. The average molecular weight is 318 g/mol. The van der Waals surface area contributed by atoms with Gasteiger partial charge in [0, 0.05) is 51.4 Å². The quantitative estimate of drug-likeness (QED) is 0.794. The Balaban J connectivity index is 2.04. The molecule has 0 radical (unpaired) electrons. The molecule has 2 rings (SSSR count). The summed E-state index contributed by atoms with van der Waals surface area (Å²) in [5.41, 5.74) is 0. The lowest BCUT2D eigenvalue weighted by Crippen LogP contribution is -2.57. The van der Waals surface area contributed by atoms with Crippen LogP contribution in [-0.4, -0.2) is 80.3 Å². The summed E-state index contributed by atoms with van der Waals surface area (Å²) in [5, 5.41) is 3.39. The highest BCUT2D eigenvalue weighted by Crippen LogP contribution is 2.23. The van der Waals surface area contributed by atoms with Crippen molar-refractivity contribution >= 4 is 10.2 Å². The predicted octanol–water partition coefficient (Wildman–Crippen LogP) is 0.331. The number of nitrogens with zero attached hydrogens (tertiary/aromatic N) is 3. The molecule has 21 heavy (non-hydrogen) atoms. The van der Waals surface area contributed by atoms with Gasteiger partial charge >= 0.3 is 0 Å². The molecule has 7 heteroatoms. The monoisotopic (exact) mass is 318 g/mol. The molecule has 0 aliphatic carbocycles. The molecule has 0 aromatic carbocycles. The minimum Gasteiger partial charge on any atom is -0.313 e. The zero-order valence-electron chi connectivity index (χ0n) is 13.6. The van der Waals surface area contributed by atoms with Crippen molar-refractivity contribution in [1.29, 1.82) is 0 Å². The van der Waals surface area contributed by atoms with Crippen LogP contribution >= 0.6 is 0 Å². The summed E-state index contributed by atoms with van der Waals surface area (Å²) in [7, 11) is -1.26. The van der Waals surface area contributed by atoms with Crippen LogP contribution in [0.4, 0.5) is 0 Å². The molecule has 2 heterocycles. The molecule has 2 aliphatic heterocycles. The van der Waals surface area contributed by atoms with Crippen LogP contribution in [0.25, 0.3) is 0 Å². The third-order valence-corrected chi connectivity index (χ3v) is 6.51. The summed E-state index contributed by atoms with van der Waals surface area (Å²) < 4.78 is 29.2. The third kappa shape index (κ3) is 4.39. The van der Waals surface area contributed by atoms with Crippen LogP contribution in [0.3, 0.4) is 0 Å². The Labute approximate surface area is 129 Å². The average Bonchev–Trinajstić information content (AvgIpc) is 2.46. The largest absolute Gasteiger partial charge is 0.313 e. The molecule has 1 atom stereocenters.